The monoisotopic (exact) mass is 333 g/mol. The molecule has 1 aliphatic rings. The second kappa shape index (κ2) is 7.25. The van der Waals surface area contributed by atoms with Crippen molar-refractivity contribution in [1.82, 2.24) is 15.1 Å². The molecule has 3 heterocycles. The van der Waals surface area contributed by atoms with Crippen LogP contribution < -0.4 is 0 Å². The molecule has 0 unspecified atom stereocenters. The standard InChI is InChI=1S/C17H23N3O2S/c1-12(2)14-5-3-4-9-20(14)16(21)7-6-15-18-19-17(22-15)13-8-10-23-11-13/h8,10-12,14H,3-7,9H2,1-2H3/t14-/m0/s1. The van der Waals surface area contributed by atoms with Crippen molar-refractivity contribution in [2.24, 2.45) is 5.92 Å². The highest BCUT2D eigenvalue weighted by molar-refractivity contribution is 7.08. The van der Waals surface area contributed by atoms with Crippen LogP contribution in [0, 0.1) is 5.92 Å². The van der Waals surface area contributed by atoms with E-state index in [2.05, 4.69) is 28.9 Å². The molecule has 5 nitrogen and oxygen atoms in total. The fourth-order valence-corrected chi connectivity index (χ4v) is 3.80. The van der Waals surface area contributed by atoms with Gasteiger partial charge in [-0.05, 0) is 36.6 Å². The number of hydrogen-bond donors (Lipinski definition) is 0. The smallest absolute Gasteiger partial charge is 0.248 e. The van der Waals surface area contributed by atoms with Gasteiger partial charge < -0.3 is 9.32 Å². The fourth-order valence-electron chi connectivity index (χ4n) is 3.18. The molecule has 1 aliphatic heterocycles. The van der Waals surface area contributed by atoms with Crippen molar-refractivity contribution in [3.05, 3.63) is 22.7 Å². The van der Waals surface area contributed by atoms with Crippen LogP contribution in [-0.2, 0) is 11.2 Å². The van der Waals surface area contributed by atoms with E-state index in [1.165, 1.54) is 6.42 Å². The predicted octanol–water partition coefficient (Wildman–Crippen LogP) is 3.77. The Bertz CT molecular complexity index is 636. The lowest BCUT2D eigenvalue weighted by Crippen LogP contribution is -2.46. The van der Waals surface area contributed by atoms with E-state index in [-0.39, 0.29) is 5.91 Å². The molecule has 6 heteroatoms. The maximum absolute atomic E-state index is 12.6. The second-order valence-corrected chi connectivity index (χ2v) is 7.19. The molecule has 1 atom stereocenters. The molecular weight excluding hydrogens is 310 g/mol. The molecular formula is C17H23N3O2S. The number of nitrogens with zero attached hydrogens (tertiary/aromatic N) is 3. The summed E-state index contributed by atoms with van der Waals surface area (Å²) in [5, 5.41) is 12.1. The average molecular weight is 333 g/mol. The van der Waals surface area contributed by atoms with Gasteiger partial charge in [-0.15, -0.1) is 10.2 Å². The summed E-state index contributed by atoms with van der Waals surface area (Å²) in [5.41, 5.74) is 0.941. The van der Waals surface area contributed by atoms with Gasteiger partial charge in [-0.1, -0.05) is 13.8 Å². The van der Waals surface area contributed by atoms with Gasteiger partial charge in [-0.25, -0.2) is 0 Å². The van der Waals surface area contributed by atoms with Crippen molar-refractivity contribution in [3.63, 3.8) is 0 Å². The molecule has 0 saturated carbocycles. The molecule has 0 bridgehead atoms. The van der Waals surface area contributed by atoms with E-state index in [0.717, 1.165) is 24.9 Å². The normalized spacial score (nSPS) is 18.6. The van der Waals surface area contributed by atoms with E-state index < -0.39 is 0 Å². The van der Waals surface area contributed by atoms with Crippen LogP contribution >= 0.6 is 11.3 Å². The minimum absolute atomic E-state index is 0.207. The van der Waals surface area contributed by atoms with Crippen LogP contribution in [0.4, 0.5) is 0 Å². The van der Waals surface area contributed by atoms with Crippen molar-refractivity contribution in [2.45, 2.75) is 52.0 Å². The molecule has 2 aromatic heterocycles. The summed E-state index contributed by atoms with van der Waals surface area (Å²) in [6.07, 6.45) is 4.40. The molecule has 1 fully saturated rings. The molecule has 23 heavy (non-hydrogen) atoms. The Hall–Kier alpha value is -1.69. The van der Waals surface area contributed by atoms with Crippen molar-refractivity contribution < 1.29 is 9.21 Å². The Labute approximate surface area is 140 Å². The first-order chi connectivity index (χ1) is 11.1. The van der Waals surface area contributed by atoms with Gasteiger partial charge >= 0.3 is 0 Å². The Morgan fingerprint density at radius 2 is 2.30 bits per heavy atom. The highest BCUT2D eigenvalue weighted by Crippen LogP contribution is 2.25. The van der Waals surface area contributed by atoms with E-state index in [1.54, 1.807) is 11.3 Å². The molecule has 0 radical (unpaired) electrons. The predicted molar refractivity (Wildman–Crippen MR) is 90.1 cm³/mol. The quantitative estimate of drug-likeness (QED) is 0.836. The maximum atomic E-state index is 12.6. The van der Waals surface area contributed by atoms with Gasteiger partial charge in [0.1, 0.15) is 0 Å². The third kappa shape index (κ3) is 3.80. The number of aryl methyl sites for hydroxylation is 1. The third-order valence-corrected chi connectivity index (χ3v) is 5.11. The van der Waals surface area contributed by atoms with Crippen LogP contribution in [-0.4, -0.2) is 33.6 Å². The molecule has 1 saturated heterocycles. The number of carbonyl (C=O) groups excluding carboxylic acids is 1. The lowest BCUT2D eigenvalue weighted by Gasteiger charge is -2.38. The topological polar surface area (TPSA) is 59.2 Å². The number of amides is 1. The number of piperidine rings is 1. The minimum atomic E-state index is 0.207. The van der Waals surface area contributed by atoms with Crippen molar-refractivity contribution in [1.29, 1.82) is 0 Å². The number of thiophene rings is 1. The van der Waals surface area contributed by atoms with Crippen LogP contribution in [0.2, 0.25) is 0 Å². The molecule has 2 aromatic rings. The van der Waals surface area contributed by atoms with E-state index in [9.17, 15) is 4.79 Å². The molecule has 0 aromatic carbocycles. The molecule has 0 N–H and O–H groups in total. The first-order valence-corrected chi connectivity index (χ1v) is 9.24. The van der Waals surface area contributed by atoms with Gasteiger partial charge in [-0.3, -0.25) is 4.79 Å². The highest BCUT2D eigenvalue weighted by atomic mass is 32.1. The first-order valence-electron chi connectivity index (χ1n) is 8.29. The lowest BCUT2D eigenvalue weighted by atomic mass is 9.92. The molecule has 124 valence electrons. The van der Waals surface area contributed by atoms with Gasteiger partial charge in [0.2, 0.25) is 17.7 Å². The summed E-state index contributed by atoms with van der Waals surface area (Å²) in [5.74, 6) is 1.79. The van der Waals surface area contributed by atoms with Gasteiger partial charge in [0.25, 0.3) is 0 Å². The van der Waals surface area contributed by atoms with Crippen LogP contribution in [0.3, 0.4) is 0 Å². The van der Waals surface area contributed by atoms with Gasteiger partial charge in [-0.2, -0.15) is 11.3 Å². The van der Waals surface area contributed by atoms with E-state index in [1.807, 2.05) is 16.8 Å². The summed E-state index contributed by atoms with van der Waals surface area (Å²) in [6, 6.07) is 2.33. The van der Waals surface area contributed by atoms with Crippen molar-refractivity contribution >= 4 is 17.2 Å². The zero-order valence-corrected chi connectivity index (χ0v) is 14.5. The Morgan fingerprint density at radius 3 is 3.04 bits per heavy atom. The minimum Gasteiger partial charge on any atom is -0.421 e. The number of aromatic nitrogens is 2. The average Bonchev–Trinajstić information content (AvgIpc) is 3.23. The summed E-state index contributed by atoms with van der Waals surface area (Å²) in [6.45, 7) is 5.27. The largest absolute Gasteiger partial charge is 0.421 e. The summed E-state index contributed by atoms with van der Waals surface area (Å²) in [4.78, 5) is 14.6. The van der Waals surface area contributed by atoms with E-state index in [0.29, 0.717) is 36.6 Å². The fraction of sp³-hybridized carbons (Fsp3) is 0.588. The lowest BCUT2D eigenvalue weighted by molar-refractivity contribution is -0.136. The maximum Gasteiger partial charge on any atom is 0.248 e. The highest BCUT2D eigenvalue weighted by Gasteiger charge is 2.28. The van der Waals surface area contributed by atoms with Crippen LogP contribution in [0.1, 0.15) is 45.4 Å². The van der Waals surface area contributed by atoms with E-state index in [4.69, 9.17) is 4.42 Å². The number of likely N-dealkylation sites (tertiary alicyclic amines) is 1. The molecule has 0 aliphatic carbocycles. The number of hydrogen-bond acceptors (Lipinski definition) is 5. The molecule has 3 rings (SSSR count). The Balaban J connectivity index is 1.58. The zero-order chi connectivity index (χ0) is 16.2. The van der Waals surface area contributed by atoms with Crippen LogP contribution in [0.15, 0.2) is 21.2 Å². The third-order valence-electron chi connectivity index (χ3n) is 4.43. The number of carbonyl (C=O) groups is 1. The van der Waals surface area contributed by atoms with Crippen LogP contribution in [0.5, 0.6) is 0 Å². The summed E-state index contributed by atoms with van der Waals surface area (Å²) in [7, 11) is 0. The molecule has 0 spiro atoms. The van der Waals surface area contributed by atoms with Gasteiger partial charge in [0.05, 0.1) is 0 Å². The Kier molecular flexibility index (Phi) is 5.10. The first kappa shape index (κ1) is 16.2. The molecule has 1 amide bonds. The summed E-state index contributed by atoms with van der Waals surface area (Å²) >= 11 is 1.60. The van der Waals surface area contributed by atoms with Crippen molar-refractivity contribution in [2.75, 3.05) is 6.54 Å². The zero-order valence-electron chi connectivity index (χ0n) is 13.7. The number of rotatable bonds is 5. The van der Waals surface area contributed by atoms with Gasteiger partial charge in [0, 0.05) is 36.4 Å². The van der Waals surface area contributed by atoms with E-state index >= 15 is 0 Å². The second-order valence-electron chi connectivity index (χ2n) is 6.41. The van der Waals surface area contributed by atoms with Gasteiger partial charge in [0.15, 0.2) is 0 Å². The SMILES string of the molecule is CC(C)[C@@H]1CCCCN1C(=O)CCc1nnc(-c2ccsc2)o1. The van der Waals surface area contributed by atoms with Crippen molar-refractivity contribution in [3.8, 4) is 11.5 Å². The summed E-state index contributed by atoms with van der Waals surface area (Å²) < 4.78 is 5.65. The Morgan fingerprint density at radius 1 is 1.43 bits per heavy atom. The van der Waals surface area contributed by atoms with Crippen LogP contribution in [0.25, 0.3) is 11.5 Å².